The number of fused-ring (bicyclic) bond motifs is 1. The van der Waals surface area contributed by atoms with Gasteiger partial charge in [-0.15, -0.1) is 0 Å². The van der Waals surface area contributed by atoms with Crippen LogP contribution in [0.15, 0.2) is 39.8 Å². The minimum absolute atomic E-state index is 0.188. The van der Waals surface area contributed by atoms with Crippen LogP contribution < -0.4 is 0 Å². The number of benzene rings is 1. The molecule has 132 valence electrons. The van der Waals surface area contributed by atoms with Crippen molar-refractivity contribution < 1.29 is 12.9 Å². The summed E-state index contributed by atoms with van der Waals surface area (Å²) in [5.41, 5.74) is 2.77. The van der Waals surface area contributed by atoms with E-state index in [0.29, 0.717) is 24.5 Å². The molecule has 0 spiro atoms. The van der Waals surface area contributed by atoms with Crippen molar-refractivity contribution in [2.75, 3.05) is 13.1 Å². The summed E-state index contributed by atoms with van der Waals surface area (Å²) in [6.45, 7) is 4.31. The van der Waals surface area contributed by atoms with Gasteiger partial charge < -0.3 is 9.09 Å². The number of hydrogen-bond acceptors (Lipinski definition) is 4. The fourth-order valence-corrected chi connectivity index (χ4v) is 5.65. The number of sulfonamides is 1. The summed E-state index contributed by atoms with van der Waals surface area (Å²) in [6.07, 6.45) is 0.812. The summed E-state index contributed by atoms with van der Waals surface area (Å²) in [5, 5.41) is 4.98. The third-order valence-corrected chi connectivity index (χ3v) is 7.23. The highest BCUT2D eigenvalue weighted by molar-refractivity contribution is 7.89. The molecule has 1 unspecified atom stereocenters. The predicted octanol–water partition coefficient (Wildman–Crippen LogP) is 2.96. The van der Waals surface area contributed by atoms with E-state index in [1.165, 1.54) is 16.6 Å². The van der Waals surface area contributed by atoms with Gasteiger partial charge in [0.05, 0.1) is 0 Å². The molecule has 0 aliphatic carbocycles. The second-order valence-corrected chi connectivity index (χ2v) is 8.56. The lowest BCUT2D eigenvalue weighted by Crippen LogP contribution is -2.29. The zero-order chi connectivity index (χ0) is 17.8. The number of hydrogen-bond donors (Lipinski definition) is 0. The first kappa shape index (κ1) is 16.4. The first-order valence-corrected chi connectivity index (χ1v) is 9.81. The van der Waals surface area contributed by atoms with Crippen molar-refractivity contribution in [3.8, 4) is 0 Å². The van der Waals surface area contributed by atoms with Crippen LogP contribution >= 0.6 is 0 Å². The topological polar surface area (TPSA) is 68.3 Å². The second-order valence-electron chi connectivity index (χ2n) is 6.69. The van der Waals surface area contributed by atoms with Crippen molar-refractivity contribution in [3.05, 3.63) is 47.5 Å². The third-order valence-electron chi connectivity index (χ3n) is 5.12. The zero-order valence-electron chi connectivity index (χ0n) is 14.6. The number of rotatable bonds is 3. The average Bonchev–Trinajstić information content (AvgIpc) is 3.26. The molecule has 1 aromatic carbocycles. The van der Waals surface area contributed by atoms with Gasteiger partial charge in [0, 0.05) is 37.3 Å². The Kier molecular flexibility index (Phi) is 3.73. The molecule has 6 nitrogen and oxygen atoms in total. The quantitative estimate of drug-likeness (QED) is 0.721. The normalized spacial score (nSPS) is 19.1. The first-order valence-electron chi connectivity index (χ1n) is 8.37. The Morgan fingerprint density at radius 2 is 2.00 bits per heavy atom. The molecule has 25 heavy (non-hydrogen) atoms. The minimum Gasteiger partial charge on any atom is -0.360 e. The molecule has 4 rings (SSSR count). The summed E-state index contributed by atoms with van der Waals surface area (Å²) in [5.74, 6) is 0.540. The van der Waals surface area contributed by atoms with Crippen molar-refractivity contribution in [1.82, 2.24) is 14.0 Å². The molecule has 3 aromatic rings. The van der Waals surface area contributed by atoms with E-state index >= 15 is 0 Å². The highest BCUT2D eigenvalue weighted by Gasteiger charge is 2.37. The Hall–Kier alpha value is -2.12. The molecular formula is C18H21N3O3S. The smallest absolute Gasteiger partial charge is 0.248 e. The highest BCUT2D eigenvalue weighted by atomic mass is 32.2. The van der Waals surface area contributed by atoms with Crippen LogP contribution in [0.1, 0.15) is 29.5 Å². The molecule has 0 amide bonds. The molecule has 1 fully saturated rings. The lowest BCUT2D eigenvalue weighted by Gasteiger charge is -2.17. The molecule has 3 heterocycles. The van der Waals surface area contributed by atoms with Crippen molar-refractivity contribution in [2.24, 2.45) is 7.05 Å². The Morgan fingerprint density at radius 1 is 1.24 bits per heavy atom. The van der Waals surface area contributed by atoms with Crippen LogP contribution in [0.4, 0.5) is 0 Å². The molecule has 0 N–H and O–H groups in total. The summed E-state index contributed by atoms with van der Waals surface area (Å²) in [7, 11) is -1.53. The van der Waals surface area contributed by atoms with Crippen molar-refractivity contribution in [2.45, 2.75) is 31.1 Å². The lowest BCUT2D eigenvalue weighted by atomic mass is 10.1. The molecule has 7 heteroatoms. The van der Waals surface area contributed by atoms with E-state index in [0.717, 1.165) is 6.42 Å². The van der Waals surface area contributed by atoms with E-state index in [1.807, 2.05) is 19.2 Å². The number of aryl methyl sites for hydroxylation is 3. The van der Waals surface area contributed by atoms with Crippen LogP contribution in [0.3, 0.4) is 0 Å². The van der Waals surface area contributed by atoms with Gasteiger partial charge in [0.1, 0.15) is 10.6 Å². The van der Waals surface area contributed by atoms with Gasteiger partial charge in [-0.2, -0.15) is 4.31 Å². The molecule has 0 radical (unpaired) electrons. The van der Waals surface area contributed by atoms with Gasteiger partial charge in [0.25, 0.3) is 0 Å². The summed E-state index contributed by atoms with van der Waals surface area (Å²) >= 11 is 0. The van der Waals surface area contributed by atoms with E-state index < -0.39 is 10.0 Å². The monoisotopic (exact) mass is 359 g/mol. The first-order chi connectivity index (χ1) is 11.9. The number of aromatic nitrogens is 2. The summed E-state index contributed by atoms with van der Waals surface area (Å²) in [6, 6.07) is 10.4. The maximum absolute atomic E-state index is 13.0. The van der Waals surface area contributed by atoms with Crippen LogP contribution in [-0.4, -0.2) is 35.5 Å². The zero-order valence-corrected chi connectivity index (χ0v) is 15.4. The Bertz CT molecular complexity index is 1030. The minimum atomic E-state index is -3.57. The Labute approximate surface area is 147 Å². The SMILES string of the molecule is Cc1noc(C)c1S(=O)(=O)N1CCC(c2cc3ccccc3n2C)C1. The lowest BCUT2D eigenvalue weighted by molar-refractivity contribution is 0.389. The maximum atomic E-state index is 13.0. The van der Waals surface area contributed by atoms with Crippen LogP contribution in [0.25, 0.3) is 10.9 Å². The fourth-order valence-electron chi connectivity index (χ4n) is 3.86. The molecule has 1 saturated heterocycles. The largest absolute Gasteiger partial charge is 0.360 e. The van der Waals surface area contributed by atoms with Gasteiger partial charge in [0.15, 0.2) is 5.76 Å². The predicted molar refractivity (Wildman–Crippen MR) is 95.0 cm³/mol. The Morgan fingerprint density at radius 3 is 2.68 bits per heavy atom. The van der Waals surface area contributed by atoms with E-state index in [9.17, 15) is 8.42 Å². The van der Waals surface area contributed by atoms with E-state index in [-0.39, 0.29) is 10.8 Å². The van der Waals surface area contributed by atoms with E-state index in [1.54, 1.807) is 18.2 Å². The molecular weight excluding hydrogens is 338 g/mol. The standard InChI is InChI=1S/C18H21N3O3S/c1-12-18(13(2)24-19-12)25(22,23)21-9-8-15(11-21)17-10-14-6-4-5-7-16(14)20(17)3/h4-7,10,15H,8-9,11H2,1-3H3. The highest BCUT2D eigenvalue weighted by Crippen LogP contribution is 2.34. The molecule has 0 bridgehead atoms. The van der Waals surface area contributed by atoms with Gasteiger partial charge in [-0.25, -0.2) is 8.42 Å². The van der Waals surface area contributed by atoms with E-state index in [4.69, 9.17) is 4.52 Å². The third kappa shape index (κ3) is 2.49. The molecule has 1 aliphatic heterocycles. The molecule has 0 saturated carbocycles. The maximum Gasteiger partial charge on any atom is 0.248 e. The van der Waals surface area contributed by atoms with Crippen LogP contribution in [0.2, 0.25) is 0 Å². The van der Waals surface area contributed by atoms with Crippen molar-refractivity contribution in [1.29, 1.82) is 0 Å². The van der Waals surface area contributed by atoms with Crippen molar-refractivity contribution in [3.63, 3.8) is 0 Å². The number of nitrogens with zero attached hydrogens (tertiary/aromatic N) is 3. The second kappa shape index (κ2) is 5.71. The van der Waals surface area contributed by atoms with Gasteiger partial charge in [-0.3, -0.25) is 0 Å². The average molecular weight is 359 g/mol. The van der Waals surface area contributed by atoms with Crippen LogP contribution in [0, 0.1) is 13.8 Å². The molecule has 1 aliphatic rings. The molecule has 1 atom stereocenters. The Balaban J connectivity index is 1.66. The molecule has 2 aromatic heterocycles. The summed E-state index contributed by atoms with van der Waals surface area (Å²) in [4.78, 5) is 0.213. The van der Waals surface area contributed by atoms with Gasteiger partial charge >= 0.3 is 0 Å². The fraction of sp³-hybridized carbons (Fsp3) is 0.389. The van der Waals surface area contributed by atoms with Gasteiger partial charge in [-0.1, -0.05) is 23.4 Å². The number of para-hydroxylation sites is 1. The van der Waals surface area contributed by atoms with Crippen LogP contribution in [-0.2, 0) is 17.1 Å². The van der Waals surface area contributed by atoms with E-state index in [2.05, 4.69) is 27.9 Å². The van der Waals surface area contributed by atoms with Crippen LogP contribution in [0.5, 0.6) is 0 Å². The van der Waals surface area contributed by atoms with Crippen molar-refractivity contribution >= 4 is 20.9 Å². The van der Waals surface area contributed by atoms with Gasteiger partial charge in [-0.05, 0) is 37.8 Å². The summed E-state index contributed by atoms with van der Waals surface area (Å²) < 4.78 is 34.8. The van der Waals surface area contributed by atoms with Gasteiger partial charge in [0.2, 0.25) is 10.0 Å².